The van der Waals surface area contributed by atoms with Gasteiger partial charge in [0.2, 0.25) is 10.0 Å². The average Bonchev–Trinajstić information content (AvgIpc) is 2.75. The van der Waals surface area contributed by atoms with Gasteiger partial charge in [-0.1, -0.05) is 30.0 Å². The van der Waals surface area contributed by atoms with Crippen LogP contribution in [0.15, 0.2) is 52.3 Å². The van der Waals surface area contributed by atoms with Gasteiger partial charge in [0.25, 0.3) is 0 Å². The maximum Gasteiger partial charge on any atom is 0.407 e. The molecule has 0 saturated carbocycles. The van der Waals surface area contributed by atoms with E-state index in [9.17, 15) is 13.2 Å². The summed E-state index contributed by atoms with van der Waals surface area (Å²) in [6.45, 7) is 7.83. The highest BCUT2D eigenvalue weighted by atomic mass is 32.2. The molecular weight excluding hydrogens is 458 g/mol. The van der Waals surface area contributed by atoms with Gasteiger partial charge < -0.3 is 15.4 Å². The van der Waals surface area contributed by atoms with E-state index in [1.165, 1.54) is 4.31 Å². The largest absolute Gasteiger partial charge is 0.444 e. The van der Waals surface area contributed by atoms with Gasteiger partial charge in [-0.15, -0.1) is 0 Å². The molecule has 2 aromatic rings. The van der Waals surface area contributed by atoms with E-state index in [0.717, 1.165) is 33.2 Å². The normalized spacial score (nSPS) is 19.6. The van der Waals surface area contributed by atoms with Gasteiger partial charge in [-0.3, -0.25) is 0 Å². The van der Waals surface area contributed by atoms with Crippen LogP contribution in [0.1, 0.15) is 51.3 Å². The van der Waals surface area contributed by atoms with E-state index in [2.05, 4.69) is 16.7 Å². The van der Waals surface area contributed by atoms with Crippen molar-refractivity contribution in [3.8, 4) is 0 Å². The highest BCUT2D eigenvalue weighted by Crippen LogP contribution is 2.45. The minimum absolute atomic E-state index is 0.248. The number of piperidine rings is 1. The third-order valence-electron chi connectivity index (χ3n) is 5.76. The first-order valence-electron chi connectivity index (χ1n) is 11.2. The molecular formula is C24H31N3O4S2. The van der Waals surface area contributed by atoms with Crippen molar-refractivity contribution in [1.29, 1.82) is 0 Å². The lowest BCUT2D eigenvalue weighted by atomic mass is 10.1. The van der Waals surface area contributed by atoms with Gasteiger partial charge in [0.15, 0.2) is 0 Å². The first-order chi connectivity index (χ1) is 15.5. The summed E-state index contributed by atoms with van der Waals surface area (Å²) in [5, 5.41) is 5.55. The Hall–Kier alpha value is -2.23. The van der Waals surface area contributed by atoms with Gasteiger partial charge in [-0.25, -0.2) is 13.2 Å². The van der Waals surface area contributed by atoms with Crippen molar-refractivity contribution in [1.82, 2.24) is 9.62 Å². The van der Waals surface area contributed by atoms with Gasteiger partial charge >= 0.3 is 6.09 Å². The zero-order valence-electron chi connectivity index (χ0n) is 19.4. The number of alkyl carbamates (subject to hydrolysis) is 1. The number of nitrogens with zero attached hydrogens (tertiary/aromatic N) is 1. The summed E-state index contributed by atoms with van der Waals surface area (Å²) in [6, 6.07) is 13.6. The van der Waals surface area contributed by atoms with Gasteiger partial charge in [-0.2, -0.15) is 4.31 Å². The Morgan fingerprint density at radius 3 is 2.67 bits per heavy atom. The van der Waals surface area contributed by atoms with E-state index in [0.29, 0.717) is 13.0 Å². The quantitative estimate of drug-likeness (QED) is 0.519. The molecule has 1 amide bonds. The molecule has 0 radical (unpaired) electrons. The summed E-state index contributed by atoms with van der Waals surface area (Å²) < 4.78 is 33.8. The number of sulfonamides is 1. The van der Waals surface area contributed by atoms with Gasteiger partial charge in [-0.05, 0) is 70.4 Å². The number of hydrogen-bond acceptors (Lipinski definition) is 6. The van der Waals surface area contributed by atoms with Crippen molar-refractivity contribution < 1.29 is 17.9 Å². The number of ether oxygens (including phenoxy) is 1. The van der Waals surface area contributed by atoms with Crippen LogP contribution in [0.3, 0.4) is 0 Å². The summed E-state index contributed by atoms with van der Waals surface area (Å²) >= 11 is 1.67. The number of carbonyl (C=O) groups excluding carboxylic acids is 1. The van der Waals surface area contributed by atoms with E-state index in [1.54, 1.807) is 39.5 Å². The first kappa shape index (κ1) is 23.9. The number of anilines is 2. The summed E-state index contributed by atoms with van der Waals surface area (Å²) in [5.74, 6) is 0. The van der Waals surface area contributed by atoms with Crippen molar-refractivity contribution in [3.05, 3.63) is 48.0 Å². The third-order valence-corrected chi connectivity index (χ3v) is 9.13. The van der Waals surface area contributed by atoms with Crippen LogP contribution in [0.2, 0.25) is 0 Å². The zero-order chi connectivity index (χ0) is 23.8. The monoisotopic (exact) mass is 489 g/mol. The predicted molar refractivity (Wildman–Crippen MR) is 132 cm³/mol. The number of hydrogen-bond donors (Lipinski definition) is 2. The SMILES string of the molecule is CC(c1ccc2c(c1)Nc1ccccc1S2)S(=O)(=O)N1CCC[C@H](NC(=O)OC(C)(C)C)C1. The molecule has 2 aliphatic rings. The molecule has 1 unspecified atom stereocenters. The molecule has 2 heterocycles. The lowest BCUT2D eigenvalue weighted by Gasteiger charge is -2.34. The molecule has 0 aliphatic carbocycles. The van der Waals surface area contributed by atoms with Crippen LogP contribution in [-0.4, -0.2) is 43.5 Å². The fourth-order valence-electron chi connectivity index (χ4n) is 4.07. The molecule has 0 aromatic heterocycles. The molecule has 0 spiro atoms. The number of carbonyl (C=O) groups is 1. The van der Waals surface area contributed by atoms with Crippen LogP contribution in [-0.2, 0) is 14.8 Å². The Labute approximate surface area is 200 Å². The fraction of sp³-hybridized carbons (Fsp3) is 0.458. The van der Waals surface area contributed by atoms with Crippen LogP contribution in [0.4, 0.5) is 16.2 Å². The third kappa shape index (κ3) is 5.47. The number of fused-ring (bicyclic) bond motifs is 2. The van der Waals surface area contributed by atoms with Crippen LogP contribution in [0.5, 0.6) is 0 Å². The minimum atomic E-state index is -3.60. The first-order valence-corrected chi connectivity index (χ1v) is 13.5. The van der Waals surface area contributed by atoms with Crippen LogP contribution < -0.4 is 10.6 Å². The van der Waals surface area contributed by atoms with E-state index in [-0.39, 0.29) is 12.6 Å². The van der Waals surface area contributed by atoms with E-state index in [1.807, 2.05) is 36.4 Å². The number of rotatable bonds is 4. The second-order valence-electron chi connectivity index (χ2n) is 9.51. The van der Waals surface area contributed by atoms with Crippen molar-refractivity contribution in [2.45, 2.75) is 67.2 Å². The van der Waals surface area contributed by atoms with Crippen molar-refractivity contribution in [2.75, 3.05) is 18.4 Å². The van der Waals surface area contributed by atoms with E-state index < -0.39 is 27.0 Å². The maximum absolute atomic E-state index is 13.5. The summed E-state index contributed by atoms with van der Waals surface area (Å²) in [6.07, 6.45) is 0.892. The van der Waals surface area contributed by atoms with E-state index in [4.69, 9.17) is 4.74 Å². The molecule has 4 rings (SSSR count). The zero-order valence-corrected chi connectivity index (χ0v) is 21.1. The molecule has 178 valence electrons. The van der Waals surface area contributed by atoms with Crippen molar-refractivity contribution in [3.63, 3.8) is 0 Å². The smallest absolute Gasteiger partial charge is 0.407 e. The predicted octanol–water partition coefficient (Wildman–Crippen LogP) is 5.27. The van der Waals surface area contributed by atoms with Gasteiger partial charge in [0.1, 0.15) is 5.60 Å². The molecule has 2 aromatic carbocycles. The molecule has 2 N–H and O–H groups in total. The Kier molecular flexibility index (Phi) is 6.66. The summed E-state index contributed by atoms with van der Waals surface area (Å²) in [5.41, 5.74) is 2.08. The van der Waals surface area contributed by atoms with Crippen LogP contribution >= 0.6 is 11.8 Å². The number of para-hydroxylation sites is 1. The highest BCUT2D eigenvalue weighted by Gasteiger charge is 2.35. The lowest BCUT2D eigenvalue weighted by molar-refractivity contribution is 0.0487. The highest BCUT2D eigenvalue weighted by molar-refractivity contribution is 7.99. The van der Waals surface area contributed by atoms with Crippen LogP contribution in [0.25, 0.3) is 0 Å². The van der Waals surface area contributed by atoms with Gasteiger partial charge in [0, 0.05) is 28.9 Å². The Balaban J connectivity index is 1.47. The number of benzene rings is 2. The standard InChI is InChI=1S/C24H31N3O4S2/c1-16(17-11-12-22-20(14-17)26-19-9-5-6-10-21(19)32-22)33(29,30)27-13-7-8-18(15-27)25-23(28)31-24(2,3)4/h5-6,9-12,14,16,18,26H,7-8,13,15H2,1-4H3,(H,25,28)/t16?,18-/m0/s1. The Bertz CT molecular complexity index is 1140. The number of nitrogens with one attached hydrogen (secondary N) is 2. The van der Waals surface area contributed by atoms with Crippen molar-refractivity contribution in [2.24, 2.45) is 0 Å². The number of amides is 1. The summed E-state index contributed by atoms with van der Waals surface area (Å²) in [4.78, 5) is 14.4. The molecule has 2 atom stereocenters. The fourth-order valence-corrected chi connectivity index (χ4v) is 6.75. The Morgan fingerprint density at radius 1 is 1.18 bits per heavy atom. The Morgan fingerprint density at radius 2 is 1.91 bits per heavy atom. The molecule has 9 heteroatoms. The molecule has 33 heavy (non-hydrogen) atoms. The second kappa shape index (κ2) is 9.19. The second-order valence-corrected chi connectivity index (χ2v) is 12.8. The molecule has 7 nitrogen and oxygen atoms in total. The van der Waals surface area contributed by atoms with Gasteiger partial charge in [0.05, 0.1) is 16.6 Å². The summed E-state index contributed by atoms with van der Waals surface area (Å²) in [7, 11) is -3.60. The molecule has 1 saturated heterocycles. The van der Waals surface area contributed by atoms with Crippen LogP contribution in [0, 0.1) is 0 Å². The lowest BCUT2D eigenvalue weighted by Crippen LogP contribution is -2.51. The topological polar surface area (TPSA) is 87.7 Å². The maximum atomic E-state index is 13.5. The molecule has 0 bridgehead atoms. The molecule has 2 aliphatic heterocycles. The minimum Gasteiger partial charge on any atom is -0.444 e. The average molecular weight is 490 g/mol. The molecule has 1 fully saturated rings. The van der Waals surface area contributed by atoms with E-state index >= 15 is 0 Å². The van der Waals surface area contributed by atoms with Crippen molar-refractivity contribution >= 4 is 39.3 Å².